The molecule has 0 bridgehead atoms. The van der Waals surface area contributed by atoms with Gasteiger partial charge < -0.3 is 15.1 Å². The predicted octanol–water partition coefficient (Wildman–Crippen LogP) is 1.42. The Hall–Kier alpha value is -1.88. The lowest BCUT2D eigenvalue weighted by Crippen LogP contribution is -2.45. The van der Waals surface area contributed by atoms with Crippen LogP contribution in [0.5, 0.6) is 0 Å². The predicted molar refractivity (Wildman–Crippen MR) is 90.3 cm³/mol. The van der Waals surface area contributed by atoms with E-state index >= 15 is 0 Å². The van der Waals surface area contributed by atoms with Gasteiger partial charge in [-0.3, -0.25) is 9.59 Å². The van der Waals surface area contributed by atoms with E-state index in [2.05, 4.69) is 16.3 Å². The molecule has 1 aliphatic carbocycles. The SMILES string of the molecule is CN(C)CCCNC(=O)C1(C(=O)N2CCc3ccccc32)CC1. The third kappa shape index (κ3) is 3.11. The Kier molecular flexibility index (Phi) is 4.39. The van der Waals surface area contributed by atoms with Gasteiger partial charge in [-0.1, -0.05) is 18.2 Å². The van der Waals surface area contributed by atoms with Gasteiger partial charge in [0.25, 0.3) is 0 Å². The topological polar surface area (TPSA) is 52.7 Å². The summed E-state index contributed by atoms with van der Waals surface area (Å²) in [6.07, 6.45) is 3.12. The Morgan fingerprint density at radius 3 is 2.70 bits per heavy atom. The first-order chi connectivity index (χ1) is 11.0. The number of para-hydroxylation sites is 1. The molecule has 1 aromatic carbocycles. The molecular formula is C18H25N3O2. The van der Waals surface area contributed by atoms with E-state index in [1.54, 1.807) is 0 Å². The van der Waals surface area contributed by atoms with Gasteiger partial charge in [-0.15, -0.1) is 0 Å². The fourth-order valence-corrected chi connectivity index (χ4v) is 3.24. The molecule has 1 aliphatic heterocycles. The molecule has 2 amide bonds. The number of hydrogen-bond acceptors (Lipinski definition) is 3. The second-order valence-corrected chi connectivity index (χ2v) is 6.83. The molecule has 5 heteroatoms. The molecule has 1 fully saturated rings. The summed E-state index contributed by atoms with van der Waals surface area (Å²) in [7, 11) is 4.02. The van der Waals surface area contributed by atoms with Crippen LogP contribution in [0.25, 0.3) is 0 Å². The maximum Gasteiger partial charge on any atom is 0.242 e. The van der Waals surface area contributed by atoms with Crippen LogP contribution >= 0.6 is 0 Å². The summed E-state index contributed by atoms with van der Waals surface area (Å²) < 4.78 is 0. The number of rotatable bonds is 6. The summed E-state index contributed by atoms with van der Waals surface area (Å²) in [5.41, 5.74) is 1.36. The first-order valence-corrected chi connectivity index (χ1v) is 8.37. The smallest absolute Gasteiger partial charge is 0.242 e. The molecule has 0 saturated heterocycles. The molecule has 0 radical (unpaired) electrons. The number of fused-ring (bicyclic) bond motifs is 1. The van der Waals surface area contributed by atoms with Crippen LogP contribution in [-0.4, -0.2) is 50.4 Å². The minimum atomic E-state index is -0.810. The normalized spacial score (nSPS) is 18.0. The van der Waals surface area contributed by atoms with Gasteiger partial charge in [0.2, 0.25) is 11.8 Å². The Labute approximate surface area is 137 Å². The fourth-order valence-electron chi connectivity index (χ4n) is 3.24. The summed E-state index contributed by atoms with van der Waals surface area (Å²) in [5.74, 6) is -0.113. The monoisotopic (exact) mass is 315 g/mol. The summed E-state index contributed by atoms with van der Waals surface area (Å²) in [5, 5.41) is 2.96. The van der Waals surface area contributed by atoms with Gasteiger partial charge in [-0.2, -0.15) is 0 Å². The Bertz CT molecular complexity index is 608. The zero-order valence-electron chi connectivity index (χ0n) is 14.0. The lowest BCUT2D eigenvalue weighted by molar-refractivity contribution is -0.135. The molecule has 124 valence electrons. The molecule has 0 unspecified atom stereocenters. The van der Waals surface area contributed by atoms with Gasteiger partial charge in [0.05, 0.1) is 0 Å². The Morgan fingerprint density at radius 2 is 2.00 bits per heavy atom. The van der Waals surface area contributed by atoms with Crippen LogP contribution in [0.3, 0.4) is 0 Å². The van der Waals surface area contributed by atoms with E-state index in [1.165, 1.54) is 5.56 Å². The minimum absolute atomic E-state index is 0.0208. The summed E-state index contributed by atoms with van der Waals surface area (Å²) in [4.78, 5) is 29.3. The molecule has 1 saturated carbocycles. The van der Waals surface area contributed by atoms with E-state index in [-0.39, 0.29) is 11.8 Å². The van der Waals surface area contributed by atoms with Gasteiger partial charge in [-0.25, -0.2) is 0 Å². The molecular weight excluding hydrogens is 290 g/mol. The zero-order chi connectivity index (χ0) is 16.4. The first kappa shape index (κ1) is 16.0. The summed E-state index contributed by atoms with van der Waals surface area (Å²) >= 11 is 0. The maximum atomic E-state index is 12.9. The van der Waals surface area contributed by atoms with E-state index < -0.39 is 5.41 Å². The van der Waals surface area contributed by atoms with Crippen molar-refractivity contribution in [3.05, 3.63) is 29.8 Å². The Balaban J connectivity index is 1.62. The largest absolute Gasteiger partial charge is 0.355 e. The van der Waals surface area contributed by atoms with Crippen LogP contribution in [0.4, 0.5) is 5.69 Å². The number of nitrogens with one attached hydrogen (secondary N) is 1. The zero-order valence-corrected chi connectivity index (χ0v) is 14.0. The van der Waals surface area contributed by atoms with Crippen molar-refractivity contribution in [2.75, 3.05) is 38.6 Å². The lowest BCUT2D eigenvalue weighted by atomic mass is 10.0. The van der Waals surface area contributed by atoms with Gasteiger partial charge in [0.1, 0.15) is 5.41 Å². The summed E-state index contributed by atoms with van der Waals surface area (Å²) in [6.45, 7) is 2.25. The average Bonchev–Trinajstić information content (AvgIpc) is 3.24. The van der Waals surface area contributed by atoms with E-state index in [9.17, 15) is 9.59 Å². The van der Waals surface area contributed by atoms with Gasteiger partial charge in [-0.05, 0) is 58.0 Å². The van der Waals surface area contributed by atoms with Crippen LogP contribution in [-0.2, 0) is 16.0 Å². The van der Waals surface area contributed by atoms with Crippen LogP contribution in [0.15, 0.2) is 24.3 Å². The van der Waals surface area contributed by atoms with Crippen LogP contribution in [0.1, 0.15) is 24.8 Å². The quantitative estimate of drug-likeness (QED) is 0.638. The second-order valence-electron chi connectivity index (χ2n) is 6.83. The average molecular weight is 315 g/mol. The third-order valence-corrected chi connectivity index (χ3v) is 4.79. The molecule has 0 spiro atoms. The number of benzene rings is 1. The van der Waals surface area contributed by atoms with Crippen molar-refractivity contribution in [2.24, 2.45) is 5.41 Å². The molecule has 5 nitrogen and oxygen atoms in total. The molecule has 1 aromatic rings. The molecule has 1 N–H and O–H groups in total. The first-order valence-electron chi connectivity index (χ1n) is 8.37. The molecule has 23 heavy (non-hydrogen) atoms. The van der Waals surface area contributed by atoms with Crippen molar-refractivity contribution in [2.45, 2.75) is 25.7 Å². The number of amides is 2. The van der Waals surface area contributed by atoms with Crippen molar-refractivity contribution in [1.82, 2.24) is 10.2 Å². The number of nitrogens with zero attached hydrogens (tertiary/aromatic N) is 2. The highest BCUT2D eigenvalue weighted by Crippen LogP contribution is 2.49. The fraction of sp³-hybridized carbons (Fsp3) is 0.556. The number of carbonyl (C=O) groups excluding carboxylic acids is 2. The van der Waals surface area contributed by atoms with Crippen molar-refractivity contribution in [3.8, 4) is 0 Å². The van der Waals surface area contributed by atoms with Crippen LogP contribution in [0.2, 0.25) is 0 Å². The van der Waals surface area contributed by atoms with E-state index in [0.29, 0.717) is 25.9 Å². The highest BCUT2D eigenvalue weighted by molar-refractivity contribution is 6.14. The van der Waals surface area contributed by atoms with Crippen molar-refractivity contribution >= 4 is 17.5 Å². The number of hydrogen-bond donors (Lipinski definition) is 1. The van der Waals surface area contributed by atoms with E-state index in [4.69, 9.17) is 0 Å². The molecule has 2 aliphatic rings. The number of carbonyl (C=O) groups is 2. The van der Waals surface area contributed by atoms with Crippen molar-refractivity contribution < 1.29 is 9.59 Å². The minimum Gasteiger partial charge on any atom is -0.355 e. The number of anilines is 1. The van der Waals surface area contributed by atoms with Gasteiger partial charge in [0, 0.05) is 18.8 Å². The third-order valence-electron chi connectivity index (χ3n) is 4.79. The summed E-state index contributed by atoms with van der Waals surface area (Å²) in [6, 6.07) is 7.98. The van der Waals surface area contributed by atoms with Gasteiger partial charge >= 0.3 is 0 Å². The standard InChI is InChI=1S/C18H25N3O2/c1-20(2)12-5-11-19-16(22)18(9-10-18)17(23)21-13-8-14-6-3-4-7-15(14)21/h3-4,6-7H,5,8-13H2,1-2H3,(H,19,22). The molecule has 3 rings (SSSR count). The highest BCUT2D eigenvalue weighted by atomic mass is 16.2. The van der Waals surface area contributed by atoms with Crippen molar-refractivity contribution in [3.63, 3.8) is 0 Å². The van der Waals surface area contributed by atoms with Crippen LogP contribution in [0, 0.1) is 5.41 Å². The molecule has 1 heterocycles. The maximum absolute atomic E-state index is 12.9. The lowest BCUT2D eigenvalue weighted by Gasteiger charge is -2.23. The molecule has 0 atom stereocenters. The Morgan fingerprint density at radius 1 is 1.26 bits per heavy atom. The van der Waals surface area contributed by atoms with Crippen molar-refractivity contribution in [1.29, 1.82) is 0 Å². The highest BCUT2D eigenvalue weighted by Gasteiger charge is 2.58. The van der Waals surface area contributed by atoms with E-state index in [0.717, 1.165) is 25.1 Å². The molecule has 0 aromatic heterocycles. The van der Waals surface area contributed by atoms with Gasteiger partial charge in [0.15, 0.2) is 0 Å². The second kappa shape index (κ2) is 6.32. The van der Waals surface area contributed by atoms with E-state index in [1.807, 2.05) is 37.2 Å². The van der Waals surface area contributed by atoms with Crippen LogP contribution < -0.4 is 10.2 Å².